The van der Waals surface area contributed by atoms with Crippen LogP contribution in [0.2, 0.25) is 0 Å². The first-order chi connectivity index (χ1) is 10.8. The number of carbonyl (C=O) groups excluding carboxylic acids is 1. The van der Waals surface area contributed by atoms with E-state index >= 15 is 0 Å². The van der Waals surface area contributed by atoms with E-state index in [4.69, 9.17) is 4.74 Å². The highest BCUT2D eigenvalue weighted by Gasteiger charge is 2.35. The normalized spacial score (nSPS) is 31.9. The lowest BCUT2D eigenvalue weighted by molar-refractivity contribution is -0.140. The largest absolute Gasteiger partial charge is 0.367 e. The van der Waals surface area contributed by atoms with E-state index in [1.807, 2.05) is 10.3 Å². The number of rotatable bonds is 3. The van der Waals surface area contributed by atoms with Gasteiger partial charge in [-0.1, -0.05) is 0 Å². The molecular formula is C16H25Cl2N3O2S. The van der Waals surface area contributed by atoms with Crippen LogP contribution < -0.4 is 5.32 Å². The van der Waals surface area contributed by atoms with Crippen LogP contribution in [0, 0.1) is 5.92 Å². The first-order valence-electron chi connectivity index (χ1n) is 8.33. The minimum absolute atomic E-state index is 0. The maximum atomic E-state index is 12.6. The molecule has 1 aromatic heterocycles. The minimum Gasteiger partial charge on any atom is -0.367 e. The van der Waals surface area contributed by atoms with Crippen molar-refractivity contribution in [1.82, 2.24) is 15.2 Å². The molecule has 3 aliphatic rings. The fourth-order valence-corrected chi connectivity index (χ4v) is 4.81. The summed E-state index contributed by atoms with van der Waals surface area (Å²) in [6, 6.07) is 1.31. The molecule has 0 spiro atoms. The predicted molar refractivity (Wildman–Crippen MR) is 99.2 cm³/mol. The Kier molecular flexibility index (Phi) is 7.31. The van der Waals surface area contributed by atoms with Crippen molar-refractivity contribution in [2.45, 2.75) is 50.3 Å². The average Bonchev–Trinajstić information content (AvgIpc) is 3.17. The summed E-state index contributed by atoms with van der Waals surface area (Å²) in [5, 5.41) is 6.59. The monoisotopic (exact) mass is 393 g/mol. The van der Waals surface area contributed by atoms with E-state index < -0.39 is 0 Å². The van der Waals surface area contributed by atoms with Gasteiger partial charge in [-0.05, 0) is 31.6 Å². The molecule has 0 radical (unpaired) electrons. The molecular weight excluding hydrogens is 369 g/mol. The van der Waals surface area contributed by atoms with Crippen LogP contribution in [0.25, 0.3) is 0 Å². The number of nitrogens with one attached hydrogen (secondary N) is 1. The number of hydrogen-bond donors (Lipinski definition) is 1. The number of fused-ring (bicyclic) bond motifs is 2. The van der Waals surface area contributed by atoms with Crippen molar-refractivity contribution in [3.63, 3.8) is 0 Å². The van der Waals surface area contributed by atoms with E-state index in [1.165, 1.54) is 25.7 Å². The molecule has 0 aromatic carbocycles. The maximum Gasteiger partial charge on any atom is 0.223 e. The summed E-state index contributed by atoms with van der Waals surface area (Å²) in [5.74, 6) is 0.864. The van der Waals surface area contributed by atoms with Crippen molar-refractivity contribution in [2.24, 2.45) is 5.92 Å². The third kappa shape index (κ3) is 4.41. The van der Waals surface area contributed by atoms with Gasteiger partial charge in [-0.15, -0.1) is 36.2 Å². The van der Waals surface area contributed by atoms with E-state index in [0.717, 1.165) is 11.6 Å². The molecule has 8 heteroatoms. The number of ether oxygens (including phenoxy) is 1. The summed E-state index contributed by atoms with van der Waals surface area (Å²) in [4.78, 5) is 19.0. The van der Waals surface area contributed by atoms with E-state index in [1.54, 1.807) is 17.5 Å². The quantitative estimate of drug-likeness (QED) is 0.857. The van der Waals surface area contributed by atoms with Crippen molar-refractivity contribution < 1.29 is 9.53 Å². The molecule has 3 fully saturated rings. The van der Waals surface area contributed by atoms with Gasteiger partial charge in [0.15, 0.2) is 0 Å². The number of hydrogen-bond acceptors (Lipinski definition) is 5. The fourth-order valence-electron chi connectivity index (χ4n) is 4.14. The van der Waals surface area contributed by atoms with Gasteiger partial charge in [0.2, 0.25) is 5.91 Å². The number of amides is 1. The fraction of sp³-hybridized carbons (Fsp3) is 0.750. The van der Waals surface area contributed by atoms with E-state index in [9.17, 15) is 4.79 Å². The first-order valence-corrected chi connectivity index (χ1v) is 9.20. The Labute approximate surface area is 159 Å². The second kappa shape index (κ2) is 8.81. The Bertz CT molecular complexity index is 519. The maximum absolute atomic E-state index is 12.6. The lowest BCUT2D eigenvalue weighted by Crippen LogP contribution is -2.44. The molecule has 3 saturated heterocycles. The van der Waals surface area contributed by atoms with Gasteiger partial charge in [-0.3, -0.25) is 4.79 Å². The van der Waals surface area contributed by atoms with Crippen LogP contribution in [0.1, 0.15) is 43.2 Å². The lowest BCUT2D eigenvalue weighted by atomic mass is 9.89. The second-order valence-corrected chi connectivity index (χ2v) is 7.68. The lowest BCUT2D eigenvalue weighted by Gasteiger charge is -2.34. The molecule has 3 unspecified atom stereocenters. The van der Waals surface area contributed by atoms with E-state index in [0.29, 0.717) is 43.5 Å². The number of nitrogens with zero attached hydrogens (tertiary/aromatic N) is 2. The number of carbonyl (C=O) groups is 1. The van der Waals surface area contributed by atoms with Crippen LogP contribution in [-0.2, 0) is 9.53 Å². The number of thiazole rings is 1. The van der Waals surface area contributed by atoms with Crippen LogP contribution in [0.5, 0.6) is 0 Å². The van der Waals surface area contributed by atoms with Gasteiger partial charge < -0.3 is 15.0 Å². The summed E-state index contributed by atoms with van der Waals surface area (Å²) in [6.07, 6.45) is 7.39. The van der Waals surface area contributed by atoms with Gasteiger partial charge in [0.25, 0.3) is 0 Å². The Balaban J connectivity index is 0.00000104. The standard InChI is InChI=1S/C16H23N3O2S.2ClH/c20-15(9-11-7-12-1-2-13(8-11)18-12)19-4-5-21-14(10-19)16-17-3-6-22-16;;/h3,6,11-14,18H,1-2,4-5,7-10H2;2*1H. The van der Waals surface area contributed by atoms with Crippen molar-refractivity contribution in [3.05, 3.63) is 16.6 Å². The zero-order valence-electron chi connectivity index (χ0n) is 13.6. The summed E-state index contributed by atoms with van der Waals surface area (Å²) in [6.45, 7) is 2.00. The molecule has 2 bridgehead atoms. The third-order valence-corrected chi connectivity index (χ3v) is 6.05. The van der Waals surface area contributed by atoms with Gasteiger partial charge >= 0.3 is 0 Å². The Morgan fingerprint density at radius 3 is 2.75 bits per heavy atom. The molecule has 0 saturated carbocycles. The van der Waals surface area contributed by atoms with Crippen LogP contribution in [0.15, 0.2) is 11.6 Å². The summed E-state index contributed by atoms with van der Waals surface area (Å²) in [5.41, 5.74) is 0. The highest BCUT2D eigenvalue weighted by atomic mass is 35.5. The summed E-state index contributed by atoms with van der Waals surface area (Å²) >= 11 is 1.61. The molecule has 3 aliphatic heterocycles. The number of piperidine rings is 1. The van der Waals surface area contributed by atoms with Gasteiger partial charge in [-0.25, -0.2) is 4.98 Å². The smallest absolute Gasteiger partial charge is 0.223 e. The zero-order chi connectivity index (χ0) is 14.9. The molecule has 3 atom stereocenters. The Morgan fingerprint density at radius 1 is 1.33 bits per heavy atom. The highest BCUT2D eigenvalue weighted by molar-refractivity contribution is 7.09. The van der Waals surface area contributed by atoms with Crippen LogP contribution in [-0.4, -0.2) is 47.6 Å². The molecule has 1 N–H and O–H groups in total. The Morgan fingerprint density at radius 2 is 2.08 bits per heavy atom. The molecule has 0 aliphatic carbocycles. The third-order valence-electron chi connectivity index (χ3n) is 5.18. The van der Waals surface area contributed by atoms with E-state index in [-0.39, 0.29) is 30.9 Å². The Hall–Kier alpha value is -0.400. The molecule has 136 valence electrons. The summed E-state index contributed by atoms with van der Waals surface area (Å²) < 4.78 is 5.78. The van der Waals surface area contributed by atoms with Crippen LogP contribution >= 0.6 is 36.2 Å². The molecule has 5 nitrogen and oxygen atoms in total. The van der Waals surface area contributed by atoms with Crippen molar-refractivity contribution >= 4 is 42.1 Å². The van der Waals surface area contributed by atoms with Crippen LogP contribution in [0.3, 0.4) is 0 Å². The number of halogens is 2. The molecule has 4 heterocycles. The second-order valence-electron chi connectivity index (χ2n) is 6.75. The zero-order valence-corrected chi connectivity index (χ0v) is 16.0. The molecule has 1 amide bonds. The van der Waals surface area contributed by atoms with Gasteiger partial charge in [0, 0.05) is 36.6 Å². The minimum atomic E-state index is -0.0399. The van der Waals surface area contributed by atoms with Gasteiger partial charge in [-0.2, -0.15) is 0 Å². The highest BCUT2D eigenvalue weighted by Crippen LogP contribution is 2.33. The number of aromatic nitrogens is 1. The van der Waals surface area contributed by atoms with E-state index in [2.05, 4.69) is 10.3 Å². The predicted octanol–water partition coefficient (Wildman–Crippen LogP) is 2.81. The van der Waals surface area contributed by atoms with Crippen molar-refractivity contribution in [3.8, 4) is 0 Å². The van der Waals surface area contributed by atoms with Gasteiger partial charge in [0.1, 0.15) is 11.1 Å². The van der Waals surface area contributed by atoms with Crippen molar-refractivity contribution in [1.29, 1.82) is 0 Å². The molecule has 4 rings (SSSR count). The summed E-state index contributed by atoms with van der Waals surface area (Å²) in [7, 11) is 0. The molecule has 24 heavy (non-hydrogen) atoms. The van der Waals surface area contributed by atoms with Crippen LogP contribution in [0.4, 0.5) is 0 Å². The van der Waals surface area contributed by atoms with Gasteiger partial charge in [0.05, 0.1) is 13.2 Å². The topological polar surface area (TPSA) is 54.5 Å². The average molecular weight is 394 g/mol. The van der Waals surface area contributed by atoms with Crippen molar-refractivity contribution in [2.75, 3.05) is 19.7 Å². The number of morpholine rings is 1. The SMILES string of the molecule is Cl.Cl.O=C(CC1CC2CCC(C1)N2)N1CCOC(c2nccs2)C1. The molecule has 1 aromatic rings. The first kappa shape index (κ1) is 19.9.